The van der Waals surface area contributed by atoms with Gasteiger partial charge in [-0.1, -0.05) is 30.3 Å². The van der Waals surface area contributed by atoms with Crippen molar-refractivity contribution in [2.75, 3.05) is 13.1 Å². The number of hydrogen-bond donors (Lipinski definition) is 1. The van der Waals surface area contributed by atoms with Crippen molar-refractivity contribution in [3.05, 3.63) is 42.4 Å². The number of hydrogen-bond acceptors (Lipinski definition) is 4. The van der Waals surface area contributed by atoms with E-state index in [9.17, 15) is 4.79 Å². The number of aryl methyl sites for hydroxylation is 1. The van der Waals surface area contributed by atoms with E-state index in [4.69, 9.17) is 10.2 Å². The number of aromatic nitrogens is 1. The Balaban J connectivity index is 0.00000144. The van der Waals surface area contributed by atoms with Crippen molar-refractivity contribution in [3.63, 3.8) is 0 Å². The van der Waals surface area contributed by atoms with Crippen LogP contribution in [0.1, 0.15) is 25.2 Å². The molecule has 0 radical (unpaired) electrons. The highest BCUT2D eigenvalue weighted by atomic mass is 35.5. The zero-order chi connectivity index (χ0) is 15.4. The predicted molar refractivity (Wildman–Crippen MR) is 98.5 cm³/mol. The van der Waals surface area contributed by atoms with Gasteiger partial charge in [0.1, 0.15) is 0 Å². The second kappa shape index (κ2) is 9.67. The molecule has 7 heteroatoms. The van der Waals surface area contributed by atoms with Gasteiger partial charge < -0.3 is 15.1 Å². The quantitative estimate of drug-likeness (QED) is 0.876. The molecule has 1 fully saturated rings. The Kier molecular flexibility index (Phi) is 8.25. The van der Waals surface area contributed by atoms with E-state index in [1.807, 2.05) is 35.2 Å². The molecule has 2 aromatic rings. The summed E-state index contributed by atoms with van der Waals surface area (Å²) in [6.45, 7) is 1.48. The lowest BCUT2D eigenvalue weighted by molar-refractivity contribution is -0.130. The summed E-state index contributed by atoms with van der Waals surface area (Å²) in [4.78, 5) is 18.2. The zero-order valence-electron chi connectivity index (χ0n) is 13.4. The summed E-state index contributed by atoms with van der Waals surface area (Å²) in [5.41, 5.74) is 6.84. The molecule has 0 saturated carbocycles. The third-order valence-corrected chi connectivity index (χ3v) is 3.97. The van der Waals surface area contributed by atoms with Crippen LogP contribution < -0.4 is 5.73 Å². The van der Waals surface area contributed by atoms with Gasteiger partial charge in [0, 0.05) is 37.5 Å². The maximum atomic E-state index is 12.0. The fourth-order valence-corrected chi connectivity index (χ4v) is 2.72. The number of benzene rings is 1. The molecule has 0 bridgehead atoms. The van der Waals surface area contributed by atoms with Crippen LogP contribution in [0.15, 0.2) is 40.9 Å². The van der Waals surface area contributed by atoms with Gasteiger partial charge in [-0.05, 0) is 12.8 Å². The summed E-state index contributed by atoms with van der Waals surface area (Å²) in [5.74, 6) is 1.64. The van der Waals surface area contributed by atoms with Crippen molar-refractivity contribution in [1.29, 1.82) is 0 Å². The van der Waals surface area contributed by atoms with Crippen LogP contribution in [0.4, 0.5) is 0 Å². The second-order valence-corrected chi connectivity index (χ2v) is 5.73. The molecule has 2 N–H and O–H groups in total. The van der Waals surface area contributed by atoms with E-state index in [2.05, 4.69) is 4.98 Å². The largest absolute Gasteiger partial charge is 0.441 e. The molecular weight excluding hydrogens is 349 g/mol. The average molecular weight is 372 g/mol. The number of nitrogens with two attached hydrogens (primary N) is 1. The average Bonchev–Trinajstić information content (AvgIpc) is 3.17. The van der Waals surface area contributed by atoms with E-state index in [0.29, 0.717) is 25.3 Å². The number of amides is 1. The van der Waals surface area contributed by atoms with Crippen LogP contribution in [0.3, 0.4) is 0 Å². The molecular formula is C17H23Cl2N3O2. The molecule has 1 amide bonds. The first-order valence-electron chi connectivity index (χ1n) is 7.76. The summed E-state index contributed by atoms with van der Waals surface area (Å²) in [6, 6.07) is 10.0. The van der Waals surface area contributed by atoms with Gasteiger partial charge in [-0.15, -0.1) is 24.8 Å². The molecule has 5 nitrogen and oxygen atoms in total. The van der Waals surface area contributed by atoms with E-state index in [-0.39, 0.29) is 36.8 Å². The van der Waals surface area contributed by atoms with Gasteiger partial charge in [-0.25, -0.2) is 4.98 Å². The van der Waals surface area contributed by atoms with Crippen molar-refractivity contribution in [2.24, 2.45) is 5.73 Å². The molecule has 1 aromatic carbocycles. The molecule has 0 unspecified atom stereocenters. The highest BCUT2D eigenvalue weighted by molar-refractivity contribution is 5.85. The zero-order valence-corrected chi connectivity index (χ0v) is 15.0. The molecule has 24 heavy (non-hydrogen) atoms. The van der Waals surface area contributed by atoms with Crippen LogP contribution >= 0.6 is 24.8 Å². The fourth-order valence-electron chi connectivity index (χ4n) is 2.72. The highest BCUT2D eigenvalue weighted by Crippen LogP contribution is 2.20. The maximum absolute atomic E-state index is 12.0. The lowest BCUT2D eigenvalue weighted by atomic mass is 10.2. The first-order chi connectivity index (χ1) is 10.7. The Labute approximate surface area is 154 Å². The number of carbonyl (C=O) groups is 1. The monoisotopic (exact) mass is 371 g/mol. The van der Waals surface area contributed by atoms with Crippen molar-refractivity contribution in [2.45, 2.75) is 31.7 Å². The van der Waals surface area contributed by atoms with Gasteiger partial charge in [-0.3, -0.25) is 4.79 Å². The number of likely N-dealkylation sites (tertiary alicyclic amines) is 1. The van der Waals surface area contributed by atoms with Crippen molar-refractivity contribution >= 4 is 30.7 Å². The van der Waals surface area contributed by atoms with Gasteiger partial charge in [0.2, 0.25) is 5.91 Å². The Morgan fingerprint density at radius 3 is 2.71 bits per heavy atom. The van der Waals surface area contributed by atoms with Crippen LogP contribution in [0.25, 0.3) is 11.3 Å². The predicted octanol–water partition coefficient (Wildman–Crippen LogP) is 3.07. The molecule has 132 valence electrons. The summed E-state index contributed by atoms with van der Waals surface area (Å²) < 4.78 is 5.74. The number of rotatable bonds is 5. The van der Waals surface area contributed by atoms with E-state index < -0.39 is 0 Å². The molecule has 0 spiro atoms. The SMILES string of the molecule is Cl.Cl.N[C@@H]1CCN(C(=O)CCCc2ncc(-c3ccccc3)o2)C1. The van der Waals surface area contributed by atoms with Crippen LogP contribution in [0.2, 0.25) is 0 Å². The topological polar surface area (TPSA) is 72.4 Å². The third-order valence-electron chi connectivity index (χ3n) is 3.97. The van der Waals surface area contributed by atoms with Crippen LogP contribution in [0.5, 0.6) is 0 Å². The van der Waals surface area contributed by atoms with Gasteiger partial charge in [0.05, 0.1) is 6.20 Å². The minimum Gasteiger partial charge on any atom is -0.441 e. The van der Waals surface area contributed by atoms with E-state index in [1.54, 1.807) is 6.20 Å². The third kappa shape index (κ3) is 5.23. The molecule has 1 aromatic heterocycles. The maximum Gasteiger partial charge on any atom is 0.222 e. The smallest absolute Gasteiger partial charge is 0.222 e. The van der Waals surface area contributed by atoms with Crippen molar-refractivity contribution in [3.8, 4) is 11.3 Å². The summed E-state index contributed by atoms with van der Waals surface area (Å²) in [5, 5.41) is 0. The van der Waals surface area contributed by atoms with Crippen LogP contribution in [-0.4, -0.2) is 34.9 Å². The molecule has 1 aliphatic rings. The van der Waals surface area contributed by atoms with Crippen LogP contribution in [0, 0.1) is 0 Å². The van der Waals surface area contributed by atoms with E-state index in [0.717, 1.165) is 30.7 Å². The lowest BCUT2D eigenvalue weighted by Crippen LogP contribution is -2.31. The number of halogens is 2. The number of nitrogens with zero attached hydrogens (tertiary/aromatic N) is 2. The normalized spacial score (nSPS) is 16.4. The minimum absolute atomic E-state index is 0. The van der Waals surface area contributed by atoms with E-state index in [1.165, 1.54) is 0 Å². The standard InChI is InChI=1S/C17H21N3O2.2ClH/c18-14-9-10-20(12-14)17(21)8-4-7-16-19-11-15(22-16)13-5-2-1-3-6-13;;/h1-3,5-6,11,14H,4,7-10,12,18H2;2*1H/t14-;;/m1../s1. The lowest BCUT2D eigenvalue weighted by Gasteiger charge is -2.15. The fraction of sp³-hybridized carbons (Fsp3) is 0.412. The molecule has 1 saturated heterocycles. The molecule has 2 heterocycles. The summed E-state index contributed by atoms with van der Waals surface area (Å²) >= 11 is 0. The molecule has 1 aliphatic heterocycles. The van der Waals surface area contributed by atoms with Crippen molar-refractivity contribution < 1.29 is 9.21 Å². The van der Waals surface area contributed by atoms with Gasteiger partial charge in [0.25, 0.3) is 0 Å². The van der Waals surface area contributed by atoms with Gasteiger partial charge in [-0.2, -0.15) is 0 Å². The number of oxazole rings is 1. The Hall–Kier alpha value is -1.56. The molecule has 0 aliphatic carbocycles. The minimum atomic E-state index is 0. The Morgan fingerprint density at radius 1 is 1.29 bits per heavy atom. The Bertz CT molecular complexity index is 634. The number of carbonyl (C=O) groups excluding carboxylic acids is 1. The first kappa shape index (κ1) is 20.5. The molecule has 1 atom stereocenters. The highest BCUT2D eigenvalue weighted by Gasteiger charge is 2.23. The van der Waals surface area contributed by atoms with E-state index >= 15 is 0 Å². The second-order valence-electron chi connectivity index (χ2n) is 5.73. The van der Waals surface area contributed by atoms with Gasteiger partial charge in [0.15, 0.2) is 11.7 Å². The first-order valence-corrected chi connectivity index (χ1v) is 7.76. The molecule has 3 rings (SSSR count). The summed E-state index contributed by atoms with van der Waals surface area (Å²) in [7, 11) is 0. The Morgan fingerprint density at radius 2 is 2.04 bits per heavy atom. The van der Waals surface area contributed by atoms with Crippen molar-refractivity contribution in [1.82, 2.24) is 9.88 Å². The van der Waals surface area contributed by atoms with Crippen LogP contribution in [-0.2, 0) is 11.2 Å². The summed E-state index contributed by atoms with van der Waals surface area (Å²) in [6.07, 6.45) is 4.60. The van der Waals surface area contributed by atoms with Gasteiger partial charge >= 0.3 is 0 Å².